The molecule has 0 aliphatic heterocycles. The number of halogens is 1. The van der Waals surface area contributed by atoms with Crippen LogP contribution < -0.4 is 9.57 Å². The van der Waals surface area contributed by atoms with Crippen molar-refractivity contribution in [3.05, 3.63) is 45.6 Å². The van der Waals surface area contributed by atoms with E-state index in [1.807, 2.05) is 17.5 Å². The van der Waals surface area contributed by atoms with Crippen molar-refractivity contribution in [2.45, 2.75) is 4.90 Å². The van der Waals surface area contributed by atoms with Crippen LogP contribution in [-0.4, -0.2) is 21.7 Å². The van der Waals surface area contributed by atoms with E-state index >= 15 is 0 Å². The minimum atomic E-state index is -3.83. The number of ether oxygens (including phenoxy) is 1. The van der Waals surface area contributed by atoms with Crippen LogP contribution in [0.1, 0.15) is 4.88 Å². The number of hydrogen-bond donors (Lipinski definition) is 1. The molecule has 0 unspecified atom stereocenters. The topological polar surface area (TPSA) is 67.8 Å². The number of methoxy groups -OCH3 is 1. The number of hydrogen-bond acceptors (Lipinski definition) is 5. The lowest BCUT2D eigenvalue weighted by Gasteiger charge is -2.08. The molecule has 1 aromatic carbocycles. The Morgan fingerprint density at radius 2 is 2.20 bits per heavy atom. The molecule has 8 heteroatoms. The van der Waals surface area contributed by atoms with Gasteiger partial charge in [0.15, 0.2) is 0 Å². The second kappa shape index (κ2) is 6.25. The van der Waals surface area contributed by atoms with Gasteiger partial charge < -0.3 is 4.74 Å². The van der Waals surface area contributed by atoms with Gasteiger partial charge in [0.1, 0.15) is 10.6 Å². The summed E-state index contributed by atoms with van der Waals surface area (Å²) in [7, 11) is -2.45. The Bertz CT molecular complexity index is 712. The molecule has 2 rings (SSSR count). The third-order valence-electron chi connectivity index (χ3n) is 2.32. The molecule has 0 amide bonds. The predicted molar refractivity (Wildman–Crippen MR) is 80.2 cm³/mol. The van der Waals surface area contributed by atoms with Crippen molar-refractivity contribution in [3.8, 4) is 5.75 Å². The molecule has 0 saturated heterocycles. The third-order valence-corrected chi connectivity index (χ3v) is 4.61. The summed E-state index contributed by atoms with van der Waals surface area (Å²) in [5, 5.41) is 5.89. The Morgan fingerprint density at radius 3 is 2.85 bits per heavy atom. The van der Waals surface area contributed by atoms with Gasteiger partial charge in [-0.1, -0.05) is 17.7 Å². The van der Waals surface area contributed by atoms with Crippen molar-refractivity contribution in [3.63, 3.8) is 0 Å². The number of nitrogens with zero attached hydrogens (tertiary/aromatic N) is 1. The normalized spacial score (nSPS) is 11.7. The molecule has 0 aliphatic carbocycles. The summed E-state index contributed by atoms with van der Waals surface area (Å²) in [5.41, 5.74) is 0. The van der Waals surface area contributed by atoms with Gasteiger partial charge in [-0.3, -0.25) is 0 Å². The average molecular weight is 331 g/mol. The maximum atomic E-state index is 12.1. The molecule has 0 aliphatic rings. The van der Waals surface area contributed by atoms with E-state index < -0.39 is 10.0 Å². The zero-order valence-corrected chi connectivity index (χ0v) is 12.8. The van der Waals surface area contributed by atoms with Crippen LogP contribution in [0.25, 0.3) is 0 Å². The van der Waals surface area contributed by atoms with Gasteiger partial charge in [0.25, 0.3) is 10.0 Å². The molecule has 0 fully saturated rings. The van der Waals surface area contributed by atoms with E-state index in [0.717, 1.165) is 4.88 Å². The number of hydrazone groups is 1. The molecule has 106 valence electrons. The lowest BCUT2D eigenvalue weighted by atomic mass is 10.3. The summed E-state index contributed by atoms with van der Waals surface area (Å²) in [4.78, 5) is 2.90. The van der Waals surface area contributed by atoms with Crippen LogP contribution in [0, 0.1) is 0 Å². The first-order valence-corrected chi connectivity index (χ1v) is 8.19. The standard InChI is InChI=1S/C12H11ClN2O3S2/c1-18-11-5-4-9(13)7-12(11)20(16,17)15-14-8-10-3-2-6-19-10/h2-8,15H,1H3/b14-8+. The lowest BCUT2D eigenvalue weighted by Crippen LogP contribution is -2.19. The quantitative estimate of drug-likeness (QED) is 0.677. The second-order valence-electron chi connectivity index (χ2n) is 3.66. The molecule has 2 aromatic rings. The van der Waals surface area contributed by atoms with Crippen molar-refractivity contribution < 1.29 is 13.2 Å². The zero-order valence-electron chi connectivity index (χ0n) is 10.4. The van der Waals surface area contributed by atoms with Crippen molar-refractivity contribution >= 4 is 39.2 Å². The summed E-state index contributed by atoms with van der Waals surface area (Å²) >= 11 is 7.26. The summed E-state index contributed by atoms with van der Waals surface area (Å²) in [5.74, 6) is 0.202. The Balaban J connectivity index is 2.24. The monoisotopic (exact) mass is 330 g/mol. The van der Waals surface area contributed by atoms with Crippen molar-refractivity contribution in [2.75, 3.05) is 7.11 Å². The van der Waals surface area contributed by atoms with E-state index in [-0.39, 0.29) is 10.6 Å². The number of benzene rings is 1. The van der Waals surface area contributed by atoms with Gasteiger partial charge in [-0.05, 0) is 29.6 Å². The SMILES string of the molecule is COc1ccc(Cl)cc1S(=O)(=O)N/N=C/c1cccs1. The first-order chi connectivity index (χ1) is 9.53. The van der Waals surface area contributed by atoms with Gasteiger partial charge in [-0.2, -0.15) is 18.4 Å². The maximum absolute atomic E-state index is 12.1. The highest BCUT2D eigenvalue weighted by Gasteiger charge is 2.19. The average Bonchev–Trinajstić information content (AvgIpc) is 2.91. The molecule has 0 radical (unpaired) electrons. The molecule has 0 spiro atoms. The van der Waals surface area contributed by atoms with Crippen LogP contribution >= 0.6 is 22.9 Å². The lowest BCUT2D eigenvalue weighted by molar-refractivity contribution is 0.402. The maximum Gasteiger partial charge on any atom is 0.280 e. The van der Waals surface area contributed by atoms with E-state index in [2.05, 4.69) is 9.93 Å². The van der Waals surface area contributed by atoms with Gasteiger partial charge in [0.05, 0.1) is 13.3 Å². The Labute approximate surface area is 125 Å². The predicted octanol–water partition coefficient (Wildman–Crippen LogP) is 2.72. The van der Waals surface area contributed by atoms with Gasteiger partial charge in [-0.25, -0.2) is 0 Å². The summed E-state index contributed by atoms with van der Waals surface area (Å²) in [6.45, 7) is 0. The molecule has 5 nitrogen and oxygen atoms in total. The molecule has 0 atom stereocenters. The van der Waals surface area contributed by atoms with Crippen molar-refractivity contribution in [1.29, 1.82) is 0 Å². The fourth-order valence-corrected chi connectivity index (χ4v) is 3.24. The number of sulfonamides is 1. The number of thiophene rings is 1. The first-order valence-electron chi connectivity index (χ1n) is 5.45. The van der Waals surface area contributed by atoms with E-state index in [0.29, 0.717) is 5.02 Å². The van der Waals surface area contributed by atoms with Gasteiger partial charge >= 0.3 is 0 Å². The highest BCUT2D eigenvalue weighted by Crippen LogP contribution is 2.26. The highest BCUT2D eigenvalue weighted by molar-refractivity contribution is 7.89. The van der Waals surface area contributed by atoms with Crippen LogP contribution in [0.5, 0.6) is 5.75 Å². The molecule has 1 heterocycles. The molecule has 20 heavy (non-hydrogen) atoms. The molecule has 0 saturated carbocycles. The van der Waals surface area contributed by atoms with Gasteiger partial charge in [0, 0.05) is 9.90 Å². The second-order valence-corrected chi connectivity index (χ2v) is 6.71. The minimum Gasteiger partial charge on any atom is -0.495 e. The van der Waals surface area contributed by atoms with Crippen molar-refractivity contribution in [1.82, 2.24) is 4.83 Å². The van der Waals surface area contributed by atoms with Crippen LogP contribution in [0.3, 0.4) is 0 Å². The fourth-order valence-electron chi connectivity index (χ4n) is 1.43. The molecule has 1 N–H and O–H groups in total. The van der Waals surface area contributed by atoms with Crippen LogP contribution in [0.15, 0.2) is 45.7 Å². The summed E-state index contributed by atoms with van der Waals surface area (Å²) < 4.78 is 29.3. The number of nitrogens with one attached hydrogen (secondary N) is 1. The van der Waals surface area contributed by atoms with Crippen LogP contribution in [-0.2, 0) is 10.0 Å². The Kier molecular flexibility index (Phi) is 4.64. The molecule has 1 aromatic heterocycles. The van der Waals surface area contributed by atoms with Crippen LogP contribution in [0.2, 0.25) is 5.02 Å². The molecular weight excluding hydrogens is 320 g/mol. The molecular formula is C12H11ClN2O3S2. The smallest absolute Gasteiger partial charge is 0.280 e. The fraction of sp³-hybridized carbons (Fsp3) is 0.0833. The zero-order chi connectivity index (χ0) is 14.6. The van der Waals surface area contributed by atoms with Gasteiger partial charge in [0.2, 0.25) is 0 Å². The summed E-state index contributed by atoms with van der Waals surface area (Å²) in [6, 6.07) is 8.01. The van der Waals surface area contributed by atoms with Gasteiger partial charge in [-0.15, -0.1) is 11.3 Å². The number of rotatable bonds is 5. The Morgan fingerprint density at radius 1 is 1.40 bits per heavy atom. The van der Waals surface area contributed by atoms with E-state index in [1.165, 1.54) is 36.8 Å². The third kappa shape index (κ3) is 3.50. The minimum absolute atomic E-state index is 0.0594. The summed E-state index contributed by atoms with van der Waals surface area (Å²) in [6.07, 6.45) is 1.43. The van der Waals surface area contributed by atoms with E-state index in [4.69, 9.17) is 16.3 Å². The highest BCUT2D eigenvalue weighted by atomic mass is 35.5. The van der Waals surface area contributed by atoms with Crippen LogP contribution in [0.4, 0.5) is 0 Å². The first kappa shape index (κ1) is 14.8. The largest absolute Gasteiger partial charge is 0.495 e. The van der Waals surface area contributed by atoms with E-state index in [1.54, 1.807) is 6.07 Å². The Hall–Kier alpha value is -1.57. The van der Waals surface area contributed by atoms with Crippen molar-refractivity contribution in [2.24, 2.45) is 5.10 Å². The van der Waals surface area contributed by atoms with E-state index in [9.17, 15) is 8.42 Å². The molecule has 0 bridgehead atoms.